The summed E-state index contributed by atoms with van der Waals surface area (Å²) in [4.78, 5) is 8.83. The topological polar surface area (TPSA) is 25.8 Å². The van der Waals surface area contributed by atoms with Crippen molar-refractivity contribution < 1.29 is 0 Å². The van der Waals surface area contributed by atoms with Gasteiger partial charge in [-0.2, -0.15) is 0 Å². The lowest BCUT2D eigenvalue weighted by atomic mass is 9.95. The number of nitrogens with zero attached hydrogens (tertiary/aromatic N) is 2. The number of rotatable bonds is 1. The summed E-state index contributed by atoms with van der Waals surface area (Å²) < 4.78 is 0. The maximum Gasteiger partial charge on any atom is 0.0761 e. The van der Waals surface area contributed by atoms with Gasteiger partial charge in [0, 0.05) is 30.1 Å². The molecule has 0 amide bonds. The molecule has 1 aliphatic rings. The Hall–Kier alpha value is -2.48. The van der Waals surface area contributed by atoms with Crippen molar-refractivity contribution >= 4 is 0 Å². The Morgan fingerprint density at radius 3 is 2.65 bits per heavy atom. The Kier molecular flexibility index (Phi) is 2.43. The highest BCUT2D eigenvalue weighted by Gasteiger charge is 2.28. The lowest BCUT2D eigenvalue weighted by Gasteiger charge is -2.11. The molecule has 2 aromatic heterocycles. The van der Waals surface area contributed by atoms with Crippen LogP contribution in [0, 0.1) is 0 Å². The Morgan fingerprint density at radius 2 is 1.80 bits per heavy atom. The van der Waals surface area contributed by atoms with Crippen molar-refractivity contribution in [3.63, 3.8) is 0 Å². The van der Waals surface area contributed by atoms with E-state index < -0.39 is 0 Å². The van der Waals surface area contributed by atoms with Gasteiger partial charge in [-0.05, 0) is 40.5 Å². The number of hydrogen-bond donors (Lipinski definition) is 0. The van der Waals surface area contributed by atoms with Crippen molar-refractivity contribution in [2.24, 2.45) is 0 Å². The van der Waals surface area contributed by atoms with Gasteiger partial charge in [0.2, 0.25) is 0 Å². The van der Waals surface area contributed by atoms with Crippen LogP contribution in [-0.4, -0.2) is 9.97 Å². The smallest absolute Gasteiger partial charge is 0.0761 e. The van der Waals surface area contributed by atoms with E-state index >= 15 is 0 Å². The quantitative estimate of drug-likeness (QED) is 0.651. The molecule has 1 unspecified atom stereocenters. The van der Waals surface area contributed by atoms with Gasteiger partial charge >= 0.3 is 0 Å². The van der Waals surface area contributed by atoms with Gasteiger partial charge in [0.15, 0.2) is 0 Å². The first-order valence-corrected chi connectivity index (χ1v) is 6.85. The summed E-state index contributed by atoms with van der Waals surface area (Å²) in [5.74, 6) is 0.380. The van der Waals surface area contributed by atoms with Gasteiger partial charge in [-0.15, -0.1) is 0 Å². The first-order chi connectivity index (χ1) is 9.86. The second kappa shape index (κ2) is 4.27. The molecular weight excluding hydrogens is 244 g/mol. The summed E-state index contributed by atoms with van der Waals surface area (Å²) in [6, 6.07) is 14.8. The average Bonchev–Trinajstić information content (AvgIpc) is 2.82. The van der Waals surface area contributed by atoms with Crippen LogP contribution in [0.15, 0.2) is 61.1 Å². The van der Waals surface area contributed by atoms with Crippen LogP contribution in [0.4, 0.5) is 0 Å². The van der Waals surface area contributed by atoms with Crippen LogP contribution in [0.3, 0.4) is 0 Å². The van der Waals surface area contributed by atoms with Crippen LogP contribution in [0.1, 0.15) is 24.0 Å². The van der Waals surface area contributed by atoms with E-state index in [4.69, 9.17) is 0 Å². The number of hydrogen-bond acceptors (Lipinski definition) is 2. The van der Waals surface area contributed by atoms with Crippen molar-refractivity contribution in [1.29, 1.82) is 0 Å². The van der Waals surface area contributed by atoms with E-state index in [1.54, 1.807) is 6.20 Å². The first kappa shape index (κ1) is 11.4. The van der Waals surface area contributed by atoms with E-state index in [9.17, 15) is 0 Å². The molecule has 96 valence electrons. The zero-order valence-electron chi connectivity index (χ0n) is 11.2. The van der Waals surface area contributed by atoms with Crippen molar-refractivity contribution in [2.45, 2.75) is 12.8 Å². The van der Waals surface area contributed by atoms with Crippen molar-refractivity contribution in [3.05, 3.63) is 72.2 Å². The minimum absolute atomic E-state index is 0.380. The fourth-order valence-electron chi connectivity index (χ4n) is 3.15. The van der Waals surface area contributed by atoms with Crippen LogP contribution in [0.2, 0.25) is 0 Å². The summed E-state index contributed by atoms with van der Waals surface area (Å²) in [6.45, 7) is 2.26. The fraction of sp³-hybridized carbons (Fsp3) is 0.111. The van der Waals surface area contributed by atoms with Gasteiger partial charge in [-0.25, -0.2) is 0 Å². The second-order valence-electron chi connectivity index (χ2n) is 5.17. The molecule has 0 spiro atoms. The summed E-state index contributed by atoms with van der Waals surface area (Å²) in [6.07, 6.45) is 5.58. The molecule has 0 saturated carbocycles. The molecule has 3 aromatic rings. The Balaban J connectivity index is 2.00. The van der Waals surface area contributed by atoms with E-state index in [-0.39, 0.29) is 0 Å². The third-order valence-corrected chi connectivity index (χ3v) is 4.08. The molecular formula is C18H14N2. The third kappa shape index (κ3) is 1.51. The maximum absolute atomic E-state index is 4.61. The average molecular weight is 258 g/mol. The largest absolute Gasteiger partial charge is 0.264 e. The minimum atomic E-state index is 0.380. The van der Waals surface area contributed by atoms with E-state index in [1.807, 2.05) is 18.5 Å². The predicted octanol–water partition coefficient (Wildman–Crippen LogP) is 4.28. The summed E-state index contributed by atoms with van der Waals surface area (Å²) in [7, 11) is 0. The molecule has 0 fully saturated rings. The first-order valence-electron chi connectivity index (χ1n) is 6.85. The number of benzene rings is 1. The van der Waals surface area contributed by atoms with Crippen LogP contribution in [0.25, 0.3) is 22.4 Å². The Bertz CT molecular complexity index is 778. The zero-order valence-corrected chi connectivity index (χ0v) is 11.2. The van der Waals surface area contributed by atoms with Crippen molar-refractivity contribution in [3.8, 4) is 22.4 Å². The molecule has 0 bridgehead atoms. The second-order valence-corrected chi connectivity index (χ2v) is 5.17. The lowest BCUT2D eigenvalue weighted by molar-refractivity contribution is 0.949. The van der Waals surface area contributed by atoms with E-state index in [2.05, 4.69) is 53.3 Å². The summed E-state index contributed by atoms with van der Waals surface area (Å²) >= 11 is 0. The minimum Gasteiger partial charge on any atom is -0.264 e. The Labute approximate surface area is 118 Å². The molecule has 0 N–H and O–H groups in total. The third-order valence-electron chi connectivity index (χ3n) is 4.08. The summed E-state index contributed by atoms with van der Waals surface area (Å²) in [5.41, 5.74) is 7.50. The van der Waals surface area contributed by atoms with Gasteiger partial charge in [0.05, 0.1) is 5.69 Å². The van der Waals surface area contributed by atoms with Gasteiger partial charge in [0.25, 0.3) is 0 Å². The highest BCUT2D eigenvalue weighted by atomic mass is 14.7. The maximum atomic E-state index is 4.61. The molecule has 1 aliphatic carbocycles. The van der Waals surface area contributed by atoms with Crippen LogP contribution in [-0.2, 0) is 0 Å². The molecule has 2 heterocycles. The van der Waals surface area contributed by atoms with Gasteiger partial charge in [-0.1, -0.05) is 31.2 Å². The summed E-state index contributed by atoms with van der Waals surface area (Å²) in [5, 5.41) is 0. The molecule has 0 saturated heterocycles. The molecule has 0 radical (unpaired) electrons. The lowest BCUT2D eigenvalue weighted by Crippen LogP contribution is -1.96. The fourth-order valence-corrected chi connectivity index (χ4v) is 3.15. The van der Waals surface area contributed by atoms with Crippen LogP contribution in [0.5, 0.6) is 0 Å². The van der Waals surface area contributed by atoms with Crippen LogP contribution < -0.4 is 0 Å². The van der Waals surface area contributed by atoms with Crippen molar-refractivity contribution in [1.82, 2.24) is 9.97 Å². The molecule has 20 heavy (non-hydrogen) atoms. The van der Waals surface area contributed by atoms with E-state index in [0.29, 0.717) is 5.92 Å². The SMILES string of the molecule is CC1c2ccccc2-c2ccnc(-c3cccnc3)c21. The molecule has 2 heteroatoms. The number of pyridine rings is 2. The normalized spacial score (nSPS) is 15.8. The molecule has 1 aromatic carbocycles. The monoisotopic (exact) mass is 258 g/mol. The zero-order chi connectivity index (χ0) is 13.5. The predicted molar refractivity (Wildman–Crippen MR) is 80.4 cm³/mol. The molecule has 1 atom stereocenters. The highest BCUT2D eigenvalue weighted by Crippen LogP contribution is 2.47. The van der Waals surface area contributed by atoms with Crippen molar-refractivity contribution in [2.75, 3.05) is 0 Å². The van der Waals surface area contributed by atoms with E-state index in [0.717, 1.165) is 11.3 Å². The van der Waals surface area contributed by atoms with E-state index in [1.165, 1.54) is 22.3 Å². The van der Waals surface area contributed by atoms with Gasteiger partial charge in [0.1, 0.15) is 0 Å². The number of fused-ring (bicyclic) bond motifs is 3. The van der Waals surface area contributed by atoms with Gasteiger partial charge in [-0.3, -0.25) is 9.97 Å². The number of aromatic nitrogens is 2. The standard InChI is InChI=1S/C18H14N2/c1-12-14-6-2-3-7-15(14)16-8-10-20-18(17(12)16)13-5-4-9-19-11-13/h2-12H,1H3. The Morgan fingerprint density at radius 1 is 0.900 bits per heavy atom. The van der Waals surface area contributed by atoms with Gasteiger partial charge < -0.3 is 0 Å². The molecule has 0 aliphatic heterocycles. The molecule has 2 nitrogen and oxygen atoms in total. The highest BCUT2D eigenvalue weighted by molar-refractivity contribution is 5.84. The van der Waals surface area contributed by atoms with Crippen LogP contribution >= 0.6 is 0 Å². The molecule has 4 rings (SSSR count).